The highest BCUT2D eigenvalue weighted by molar-refractivity contribution is 5.84. The first-order chi connectivity index (χ1) is 8.20. The summed E-state index contributed by atoms with van der Waals surface area (Å²) in [6.07, 6.45) is 1.46. The molecule has 1 aromatic carbocycles. The van der Waals surface area contributed by atoms with Gasteiger partial charge in [-0.25, -0.2) is 14.5 Å². The predicted octanol–water partition coefficient (Wildman–Crippen LogP) is 1.03. The van der Waals surface area contributed by atoms with Gasteiger partial charge in [-0.05, 0) is 31.2 Å². The van der Waals surface area contributed by atoms with Crippen LogP contribution in [0, 0.1) is 0 Å². The lowest BCUT2D eigenvalue weighted by Crippen LogP contribution is -2.07. The molecule has 1 heterocycles. The molecule has 0 bridgehead atoms. The van der Waals surface area contributed by atoms with Crippen molar-refractivity contribution in [3.8, 4) is 5.69 Å². The van der Waals surface area contributed by atoms with E-state index in [0.717, 1.165) is 5.69 Å². The van der Waals surface area contributed by atoms with Gasteiger partial charge in [0, 0.05) is 5.69 Å². The number of nitrogen functional groups attached to an aromatic ring is 1. The molecule has 0 fully saturated rings. The summed E-state index contributed by atoms with van der Waals surface area (Å²) in [7, 11) is 0. The maximum Gasteiger partial charge on any atom is 0.378 e. The Morgan fingerprint density at radius 2 is 2.12 bits per heavy atom. The fraction of sp³-hybridized carbons (Fsp3) is 0.182. The van der Waals surface area contributed by atoms with Gasteiger partial charge >= 0.3 is 5.97 Å². The topological polar surface area (TPSA) is 83.0 Å². The Morgan fingerprint density at radius 3 is 2.76 bits per heavy atom. The molecule has 0 saturated carbocycles. The average Bonchev–Trinajstić information content (AvgIpc) is 2.80. The van der Waals surface area contributed by atoms with E-state index in [4.69, 9.17) is 10.5 Å². The first-order valence-electron chi connectivity index (χ1n) is 5.15. The van der Waals surface area contributed by atoms with Crippen molar-refractivity contribution in [1.29, 1.82) is 0 Å². The Bertz CT molecular complexity index is 519. The smallest absolute Gasteiger partial charge is 0.378 e. The monoisotopic (exact) mass is 232 g/mol. The van der Waals surface area contributed by atoms with Crippen LogP contribution in [0.4, 0.5) is 5.69 Å². The Hall–Kier alpha value is -2.37. The molecule has 2 N–H and O–H groups in total. The van der Waals surface area contributed by atoms with Crippen molar-refractivity contribution < 1.29 is 9.53 Å². The third kappa shape index (κ3) is 2.41. The van der Waals surface area contributed by atoms with Crippen molar-refractivity contribution >= 4 is 11.7 Å². The second-order valence-corrected chi connectivity index (χ2v) is 3.32. The van der Waals surface area contributed by atoms with Gasteiger partial charge in [0.15, 0.2) is 0 Å². The van der Waals surface area contributed by atoms with Gasteiger partial charge in [0.2, 0.25) is 0 Å². The molecule has 0 aliphatic rings. The maximum atomic E-state index is 11.4. The summed E-state index contributed by atoms with van der Waals surface area (Å²) >= 11 is 0. The number of hydrogen-bond acceptors (Lipinski definition) is 5. The van der Waals surface area contributed by atoms with Crippen LogP contribution in [0.2, 0.25) is 0 Å². The molecule has 0 unspecified atom stereocenters. The molecular weight excluding hydrogens is 220 g/mol. The fourth-order valence-electron chi connectivity index (χ4n) is 1.30. The van der Waals surface area contributed by atoms with E-state index in [1.165, 1.54) is 11.0 Å². The zero-order valence-corrected chi connectivity index (χ0v) is 9.33. The molecule has 0 spiro atoms. The number of rotatable bonds is 3. The highest BCUT2D eigenvalue weighted by atomic mass is 16.5. The van der Waals surface area contributed by atoms with Crippen LogP contribution in [0.15, 0.2) is 30.6 Å². The largest absolute Gasteiger partial charge is 0.460 e. The van der Waals surface area contributed by atoms with E-state index < -0.39 is 5.97 Å². The van der Waals surface area contributed by atoms with Gasteiger partial charge in [0.05, 0.1) is 12.3 Å². The van der Waals surface area contributed by atoms with Crippen molar-refractivity contribution in [1.82, 2.24) is 14.8 Å². The van der Waals surface area contributed by atoms with Crippen LogP contribution in [0.25, 0.3) is 5.69 Å². The first-order valence-corrected chi connectivity index (χ1v) is 5.15. The first kappa shape index (κ1) is 11.1. The van der Waals surface area contributed by atoms with E-state index in [1.54, 1.807) is 31.2 Å². The Balaban J connectivity index is 2.23. The normalized spacial score (nSPS) is 10.2. The molecule has 2 rings (SSSR count). The lowest BCUT2D eigenvalue weighted by atomic mass is 10.3. The predicted molar refractivity (Wildman–Crippen MR) is 61.7 cm³/mol. The van der Waals surface area contributed by atoms with Gasteiger partial charge in [0.25, 0.3) is 5.82 Å². The summed E-state index contributed by atoms with van der Waals surface area (Å²) in [6, 6.07) is 7.08. The number of benzene rings is 1. The number of nitrogens with zero attached hydrogens (tertiary/aromatic N) is 3. The molecule has 2 aromatic rings. The molecule has 0 radical (unpaired) electrons. The van der Waals surface area contributed by atoms with Crippen LogP contribution in [0.5, 0.6) is 0 Å². The standard InChI is InChI=1S/C11H12N4O2/c1-2-17-11(16)10-13-7-15(14-10)9-5-3-8(12)4-6-9/h3-7H,2,12H2,1H3. The van der Waals surface area contributed by atoms with Gasteiger partial charge in [-0.3, -0.25) is 0 Å². The Morgan fingerprint density at radius 1 is 1.41 bits per heavy atom. The van der Waals surface area contributed by atoms with Crippen molar-refractivity contribution in [2.75, 3.05) is 12.3 Å². The van der Waals surface area contributed by atoms with Gasteiger partial charge in [-0.15, -0.1) is 5.10 Å². The van der Waals surface area contributed by atoms with Gasteiger partial charge in [-0.1, -0.05) is 0 Å². The van der Waals surface area contributed by atoms with E-state index in [-0.39, 0.29) is 5.82 Å². The van der Waals surface area contributed by atoms with Crippen LogP contribution in [-0.4, -0.2) is 27.3 Å². The van der Waals surface area contributed by atoms with Crippen molar-refractivity contribution in [3.05, 3.63) is 36.4 Å². The number of carbonyl (C=O) groups excluding carboxylic acids is 1. The van der Waals surface area contributed by atoms with E-state index in [1.807, 2.05) is 0 Å². The Kier molecular flexibility index (Phi) is 3.04. The molecule has 6 nitrogen and oxygen atoms in total. The summed E-state index contributed by atoms with van der Waals surface area (Å²) in [5, 5.41) is 4.02. The van der Waals surface area contributed by atoms with Crippen molar-refractivity contribution in [2.45, 2.75) is 6.92 Å². The molecule has 6 heteroatoms. The van der Waals surface area contributed by atoms with Crippen LogP contribution < -0.4 is 5.73 Å². The number of hydrogen-bond donors (Lipinski definition) is 1. The summed E-state index contributed by atoms with van der Waals surface area (Å²) in [4.78, 5) is 15.2. The molecule has 0 saturated heterocycles. The third-order valence-electron chi connectivity index (χ3n) is 2.11. The van der Waals surface area contributed by atoms with E-state index in [0.29, 0.717) is 12.3 Å². The highest BCUT2D eigenvalue weighted by Gasteiger charge is 2.12. The highest BCUT2D eigenvalue weighted by Crippen LogP contribution is 2.09. The number of aromatic nitrogens is 3. The molecule has 88 valence electrons. The fourth-order valence-corrected chi connectivity index (χ4v) is 1.30. The van der Waals surface area contributed by atoms with Gasteiger partial charge < -0.3 is 10.5 Å². The molecule has 17 heavy (non-hydrogen) atoms. The number of anilines is 1. The number of ether oxygens (including phenoxy) is 1. The zero-order valence-electron chi connectivity index (χ0n) is 9.33. The van der Waals surface area contributed by atoms with E-state index in [9.17, 15) is 4.79 Å². The zero-order chi connectivity index (χ0) is 12.3. The minimum absolute atomic E-state index is 0.0451. The molecule has 0 aliphatic carbocycles. The molecular formula is C11H12N4O2. The summed E-state index contributed by atoms with van der Waals surface area (Å²) in [5.74, 6) is -0.481. The number of carbonyl (C=O) groups is 1. The van der Waals surface area contributed by atoms with Gasteiger partial charge in [-0.2, -0.15) is 0 Å². The van der Waals surface area contributed by atoms with Crippen molar-refractivity contribution in [2.24, 2.45) is 0 Å². The molecule has 0 aliphatic heterocycles. The summed E-state index contributed by atoms with van der Waals surface area (Å²) < 4.78 is 6.29. The van der Waals surface area contributed by atoms with Crippen molar-refractivity contribution in [3.63, 3.8) is 0 Å². The average molecular weight is 232 g/mol. The second-order valence-electron chi connectivity index (χ2n) is 3.32. The SMILES string of the molecule is CCOC(=O)c1ncn(-c2ccc(N)cc2)n1. The Labute approximate surface area is 98.0 Å². The minimum atomic E-state index is -0.526. The molecule has 1 aromatic heterocycles. The van der Waals surface area contributed by atoms with Gasteiger partial charge in [0.1, 0.15) is 6.33 Å². The quantitative estimate of drug-likeness (QED) is 0.631. The number of nitrogens with two attached hydrogens (primary N) is 1. The van der Waals surface area contributed by atoms with Crippen LogP contribution in [-0.2, 0) is 4.74 Å². The van der Waals surface area contributed by atoms with E-state index >= 15 is 0 Å². The third-order valence-corrected chi connectivity index (χ3v) is 2.11. The van der Waals surface area contributed by atoms with Crippen LogP contribution in [0.1, 0.15) is 17.5 Å². The van der Waals surface area contributed by atoms with Crippen LogP contribution >= 0.6 is 0 Å². The lowest BCUT2D eigenvalue weighted by Gasteiger charge is -2.00. The summed E-state index contributed by atoms with van der Waals surface area (Å²) in [6.45, 7) is 2.03. The lowest BCUT2D eigenvalue weighted by molar-refractivity contribution is 0.0512. The molecule has 0 amide bonds. The second kappa shape index (κ2) is 4.65. The maximum absolute atomic E-state index is 11.4. The molecule has 0 atom stereocenters. The number of esters is 1. The van der Waals surface area contributed by atoms with E-state index in [2.05, 4.69) is 10.1 Å². The van der Waals surface area contributed by atoms with Crippen LogP contribution in [0.3, 0.4) is 0 Å². The summed E-state index contributed by atoms with van der Waals surface area (Å²) in [5.41, 5.74) is 7.02. The minimum Gasteiger partial charge on any atom is -0.460 e.